The van der Waals surface area contributed by atoms with E-state index in [1.165, 1.54) is 19.3 Å². The normalized spacial score (nSPS) is 27.5. The molecular formula is C14H20N4. The zero-order valence-corrected chi connectivity index (χ0v) is 10.8. The van der Waals surface area contributed by atoms with Crippen LogP contribution < -0.4 is 11.1 Å². The summed E-state index contributed by atoms with van der Waals surface area (Å²) in [5.41, 5.74) is 7.35. The van der Waals surface area contributed by atoms with Gasteiger partial charge in [0.25, 0.3) is 0 Å². The number of hydrogen-bond donors (Lipinski definition) is 2. The van der Waals surface area contributed by atoms with Gasteiger partial charge < -0.3 is 11.1 Å². The van der Waals surface area contributed by atoms with E-state index in [-0.39, 0.29) is 5.54 Å². The molecule has 1 aromatic heterocycles. The van der Waals surface area contributed by atoms with Gasteiger partial charge in [-0.25, -0.2) is 0 Å². The van der Waals surface area contributed by atoms with Crippen LogP contribution in [0.1, 0.15) is 38.2 Å². The van der Waals surface area contributed by atoms with E-state index in [0.29, 0.717) is 18.0 Å². The fraction of sp³-hybridized carbons (Fsp3) is 0.571. The average Bonchev–Trinajstić information content (AvgIpc) is 2.42. The van der Waals surface area contributed by atoms with Crippen molar-refractivity contribution in [3.05, 3.63) is 24.0 Å². The molecule has 96 valence electrons. The van der Waals surface area contributed by atoms with E-state index in [1.54, 1.807) is 18.5 Å². The highest BCUT2D eigenvalue weighted by Gasteiger charge is 2.37. The number of aromatic nitrogens is 1. The molecule has 4 heteroatoms. The fourth-order valence-electron chi connectivity index (χ4n) is 2.81. The third-order valence-corrected chi connectivity index (χ3v) is 4.14. The maximum absolute atomic E-state index is 9.12. The van der Waals surface area contributed by atoms with Crippen molar-refractivity contribution in [2.75, 3.05) is 11.9 Å². The lowest BCUT2D eigenvalue weighted by molar-refractivity contribution is 0.235. The standard InChI is InChI=1S/C14H20N4/c1-11-4-2-3-6-14(11,10-16)18-13-9-17-7-5-12(13)8-15/h5,7,9,11,18H,2-4,6,10,16H2,1H3. The zero-order chi connectivity index (χ0) is 13.0. The number of rotatable bonds is 3. The topological polar surface area (TPSA) is 74.7 Å². The van der Waals surface area contributed by atoms with E-state index in [1.807, 2.05) is 0 Å². The van der Waals surface area contributed by atoms with Gasteiger partial charge in [-0.15, -0.1) is 0 Å². The van der Waals surface area contributed by atoms with Crippen LogP contribution in [-0.4, -0.2) is 17.1 Å². The second kappa shape index (κ2) is 5.36. The Kier molecular flexibility index (Phi) is 3.83. The van der Waals surface area contributed by atoms with Crippen molar-refractivity contribution in [1.82, 2.24) is 4.98 Å². The van der Waals surface area contributed by atoms with Crippen LogP contribution >= 0.6 is 0 Å². The maximum atomic E-state index is 9.12. The summed E-state index contributed by atoms with van der Waals surface area (Å²) < 4.78 is 0. The molecule has 4 nitrogen and oxygen atoms in total. The SMILES string of the molecule is CC1CCCCC1(CN)Nc1cnccc1C#N. The van der Waals surface area contributed by atoms with E-state index in [4.69, 9.17) is 11.0 Å². The summed E-state index contributed by atoms with van der Waals surface area (Å²) in [5.74, 6) is 0.517. The van der Waals surface area contributed by atoms with Gasteiger partial charge in [-0.05, 0) is 24.8 Å². The Balaban J connectivity index is 2.27. The van der Waals surface area contributed by atoms with Gasteiger partial charge >= 0.3 is 0 Å². The lowest BCUT2D eigenvalue weighted by Gasteiger charge is -2.43. The number of anilines is 1. The van der Waals surface area contributed by atoms with Gasteiger partial charge in [0, 0.05) is 12.7 Å². The minimum Gasteiger partial charge on any atom is -0.376 e. The highest BCUT2D eigenvalue weighted by Crippen LogP contribution is 2.36. The molecule has 1 fully saturated rings. The van der Waals surface area contributed by atoms with Crippen molar-refractivity contribution < 1.29 is 0 Å². The Bertz CT molecular complexity index is 451. The van der Waals surface area contributed by atoms with E-state index in [9.17, 15) is 0 Å². The first kappa shape index (κ1) is 12.8. The van der Waals surface area contributed by atoms with Crippen molar-refractivity contribution >= 4 is 5.69 Å². The van der Waals surface area contributed by atoms with Gasteiger partial charge in [0.2, 0.25) is 0 Å². The lowest BCUT2D eigenvalue weighted by Crippen LogP contribution is -2.52. The molecule has 0 aromatic carbocycles. The van der Waals surface area contributed by atoms with Crippen molar-refractivity contribution in [2.45, 2.75) is 38.1 Å². The van der Waals surface area contributed by atoms with Crippen LogP contribution in [0.25, 0.3) is 0 Å². The Morgan fingerprint density at radius 2 is 2.44 bits per heavy atom. The van der Waals surface area contributed by atoms with Crippen molar-refractivity contribution in [1.29, 1.82) is 5.26 Å². The lowest BCUT2D eigenvalue weighted by atomic mass is 9.73. The summed E-state index contributed by atoms with van der Waals surface area (Å²) in [6.07, 6.45) is 8.07. The first-order chi connectivity index (χ1) is 8.72. The molecule has 1 heterocycles. The highest BCUT2D eigenvalue weighted by molar-refractivity contribution is 5.57. The predicted octanol–water partition coefficient (Wildman–Crippen LogP) is 2.27. The summed E-state index contributed by atoms with van der Waals surface area (Å²) >= 11 is 0. The van der Waals surface area contributed by atoms with Gasteiger partial charge in [0.15, 0.2) is 0 Å². The van der Waals surface area contributed by atoms with E-state index in [0.717, 1.165) is 12.1 Å². The summed E-state index contributed by atoms with van der Waals surface area (Å²) in [6, 6.07) is 3.93. The number of nitrogens with zero attached hydrogens (tertiary/aromatic N) is 2. The molecule has 18 heavy (non-hydrogen) atoms. The van der Waals surface area contributed by atoms with Crippen LogP contribution in [0.15, 0.2) is 18.5 Å². The molecule has 3 N–H and O–H groups in total. The Morgan fingerprint density at radius 1 is 1.61 bits per heavy atom. The van der Waals surface area contributed by atoms with Gasteiger partial charge in [-0.1, -0.05) is 19.8 Å². The van der Waals surface area contributed by atoms with Gasteiger partial charge in [0.1, 0.15) is 6.07 Å². The molecule has 1 aliphatic carbocycles. The van der Waals surface area contributed by atoms with Crippen LogP contribution in [0.5, 0.6) is 0 Å². The molecule has 0 bridgehead atoms. The molecule has 1 aromatic rings. The summed E-state index contributed by atoms with van der Waals surface area (Å²) in [7, 11) is 0. The quantitative estimate of drug-likeness (QED) is 0.855. The van der Waals surface area contributed by atoms with Crippen LogP contribution in [0.3, 0.4) is 0 Å². The maximum Gasteiger partial charge on any atom is 0.101 e. The molecule has 2 atom stereocenters. The van der Waals surface area contributed by atoms with Crippen molar-refractivity contribution in [3.63, 3.8) is 0 Å². The second-order valence-electron chi connectivity index (χ2n) is 5.17. The number of hydrogen-bond acceptors (Lipinski definition) is 4. The largest absolute Gasteiger partial charge is 0.376 e. The molecule has 0 aliphatic heterocycles. The van der Waals surface area contributed by atoms with Crippen LogP contribution in [0.4, 0.5) is 5.69 Å². The number of nitriles is 1. The van der Waals surface area contributed by atoms with Crippen LogP contribution in [0.2, 0.25) is 0 Å². The number of nitrogens with two attached hydrogens (primary N) is 1. The van der Waals surface area contributed by atoms with Gasteiger partial charge in [0.05, 0.1) is 23.0 Å². The van der Waals surface area contributed by atoms with Crippen LogP contribution in [0, 0.1) is 17.2 Å². The van der Waals surface area contributed by atoms with Gasteiger partial charge in [-0.2, -0.15) is 5.26 Å². The summed E-state index contributed by atoms with van der Waals surface area (Å²) in [5, 5.41) is 12.6. The Hall–Kier alpha value is -1.60. The molecular weight excluding hydrogens is 224 g/mol. The molecule has 0 spiro atoms. The molecule has 1 saturated carbocycles. The monoisotopic (exact) mass is 244 g/mol. The predicted molar refractivity (Wildman–Crippen MR) is 72.0 cm³/mol. The zero-order valence-electron chi connectivity index (χ0n) is 10.8. The first-order valence-corrected chi connectivity index (χ1v) is 6.54. The van der Waals surface area contributed by atoms with Gasteiger partial charge in [-0.3, -0.25) is 4.98 Å². The third kappa shape index (κ3) is 2.32. The van der Waals surface area contributed by atoms with Crippen molar-refractivity contribution in [3.8, 4) is 6.07 Å². The highest BCUT2D eigenvalue weighted by atomic mass is 15.0. The number of pyridine rings is 1. The minimum atomic E-state index is -0.0904. The van der Waals surface area contributed by atoms with E-state index >= 15 is 0 Å². The van der Waals surface area contributed by atoms with Crippen LogP contribution in [-0.2, 0) is 0 Å². The summed E-state index contributed by atoms with van der Waals surface area (Å²) in [4.78, 5) is 4.09. The van der Waals surface area contributed by atoms with Crippen molar-refractivity contribution in [2.24, 2.45) is 11.7 Å². The summed E-state index contributed by atoms with van der Waals surface area (Å²) in [6.45, 7) is 2.83. The fourth-order valence-corrected chi connectivity index (χ4v) is 2.81. The molecule has 1 aliphatic rings. The smallest absolute Gasteiger partial charge is 0.101 e. The molecule has 0 amide bonds. The Morgan fingerprint density at radius 3 is 3.11 bits per heavy atom. The molecule has 2 unspecified atom stereocenters. The number of nitrogens with one attached hydrogen (secondary N) is 1. The molecule has 2 rings (SSSR count). The molecule has 0 radical (unpaired) electrons. The molecule has 0 saturated heterocycles. The average molecular weight is 244 g/mol. The van der Waals surface area contributed by atoms with E-state index < -0.39 is 0 Å². The first-order valence-electron chi connectivity index (χ1n) is 6.54. The Labute approximate surface area is 108 Å². The van der Waals surface area contributed by atoms with E-state index in [2.05, 4.69) is 23.3 Å². The third-order valence-electron chi connectivity index (χ3n) is 4.14. The second-order valence-corrected chi connectivity index (χ2v) is 5.17. The minimum absolute atomic E-state index is 0.0904.